The number of likely N-dealkylation sites (tertiary alicyclic amines) is 1. The Hall–Kier alpha value is -1.26. The Morgan fingerprint density at radius 3 is 1.73 bits per heavy atom. The Kier molecular flexibility index (Phi) is 29.5. The molecule has 5 N–H and O–H groups in total. The standard InChI is InChI=1S/C11H22N2O3S.C10H21NO4S.C6H15NO4S.C5H13NO4S/c1-3-4-6-12-8-9-13(11(12)2)7-5-10-17(14,15)16;1-15-9-8-11(5-2-3-6-11)7-4-10-16(12,13)14;1-7(2,4-5-11-3)6-12(8,9)10;7-4-3-6-2-1-5-11(8,9)10/h8-9,11H,3-7,10H2,1-2H3,(H,14,15,16);2-10H2,1H3;4-6H2,1-3H3;6-7H,1-5H2,(H,8,9,10)/p+1. The number of ether oxygens (including phenoxy) is 2. The third-order valence-electron chi connectivity index (χ3n) is 8.86. The number of rotatable bonds is 25. The average Bonchev–Trinajstić information content (AvgIpc) is 3.66. The van der Waals surface area contributed by atoms with Crippen LogP contribution in [0.2, 0.25) is 0 Å². The smallest absolute Gasteiger partial charge is 0.265 e. The molecule has 0 aliphatic carbocycles. The maximum Gasteiger partial charge on any atom is 0.265 e. The van der Waals surface area contributed by atoms with Gasteiger partial charge in [0.2, 0.25) is 0 Å². The van der Waals surface area contributed by atoms with Crippen LogP contribution >= 0.6 is 0 Å². The van der Waals surface area contributed by atoms with E-state index in [1.165, 1.54) is 26.4 Å². The second-order valence-electron chi connectivity index (χ2n) is 14.5. The first kappa shape index (κ1) is 56.8. The fourth-order valence-electron chi connectivity index (χ4n) is 5.81. The van der Waals surface area contributed by atoms with Crippen molar-refractivity contribution in [2.45, 2.75) is 65.0 Å². The Balaban J connectivity index is 0. The van der Waals surface area contributed by atoms with Crippen molar-refractivity contribution in [2.24, 2.45) is 0 Å². The van der Waals surface area contributed by atoms with E-state index in [-0.39, 0.29) is 34.5 Å². The maximum absolute atomic E-state index is 10.6. The zero-order chi connectivity index (χ0) is 43.5. The normalized spacial score (nSPS) is 17.1. The van der Waals surface area contributed by atoms with Gasteiger partial charge in [-0.05, 0) is 19.8 Å². The molecule has 2 rings (SSSR count). The van der Waals surface area contributed by atoms with E-state index < -0.39 is 46.3 Å². The lowest BCUT2D eigenvalue weighted by Crippen LogP contribution is -2.85. The molecule has 0 aromatic rings. The quantitative estimate of drug-likeness (QED) is 0.0471. The maximum atomic E-state index is 10.6. The average molecular weight is 895 g/mol. The van der Waals surface area contributed by atoms with Gasteiger partial charge in [0, 0.05) is 71.1 Å². The van der Waals surface area contributed by atoms with Crippen LogP contribution in [-0.4, -0.2) is 212 Å². The first-order valence-corrected chi connectivity index (χ1v) is 25.2. The molecular weight excluding hydrogens is 823 g/mol. The number of nitrogens with zero attached hydrogens (tertiary/aromatic N) is 4. The van der Waals surface area contributed by atoms with Crippen LogP contribution in [0, 0.1) is 0 Å². The highest BCUT2D eigenvalue weighted by molar-refractivity contribution is 7.86. The molecule has 2 heterocycles. The van der Waals surface area contributed by atoms with Crippen molar-refractivity contribution in [3.05, 3.63) is 12.4 Å². The summed E-state index contributed by atoms with van der Waals surface area (Å²) in [5.41, 5.74) is 0. The zero-order valence-corrected chi connectivity index (χ0v) is 37.5. The second kappa shape index (κ2) is 29.0. The number of unbranched alkanes of at least 4 members (excludes halogenated alkanes) is 1. The summed E-state index contributed by atoms with van der Waals surface area (Å²) in [5.74, 6) is -0.996. The third kappa shape index (κ3) is 34.8. The first-order valence-electron chi connectivity index (χ1n) is 18.8. The van der Waals surface area contributed by atoms with E-state index in [0.717, 1.165) is 43.6 Å². The molecule has 2 aliphatic heterocycles. The van der Waals surface area contributed by atoms with E-state index in [9.17, 15) is 42.8 Å². The second-order valence-corrected chi connectivity index (χ2v) is 20.6. The summed E-state index contributed by atoms with van der Waals surface area (Å²) in [7, 11) is -9.26. The van der Waals surface area contributed by atoms with Gasteiger partial charge in [0.1, 0.15) is 23.2 Å². The molecule has 1 atom stereocenters. The predicted molar refractivity (Wildman–Crippen MR) is 211 cm³/mol. The Morgan fingerprint density at radius 2 is 1.29 bits per heavy atom. The van der Waals surface area contributed by atoms with Crippen LogP contribution in [-0.2, 0) is 49.9 Å². The highest BCUT2D eigenvalue weighted by atomic mass is 32.2. The summed E-state index contributed by atoms with van der Waals surface area (Å²) in [6.07, 6.45) is 10.4. The minimum absolute atomic E-state index is 0.0892. The molecule has 24 heteroatoms. The summed E-state index contributed by atoms with van der Waals surface area (Å²) in [6.45, 7) is 12.8. The van der Waals surface area contributed by atoms with Crippen molar-refractivity contribution in [2.75, 3.05) is 130 Å². The molecule has 1 saturated heterocycles. The molecule has 0 saturated carbocycles. The first-order chi connectivity index (χ1) is 25.7. The number of nitrogens with two attached hydrogens (primary N) is 1. The monoisotopic (exact) mass is 894 g/mol. The Labute approximate surface area is 337 Å². The third-order valence-corrected chi connectivity index (χ3v) is 12.3. The predicted octanol–water partition coefficient (Wildman–Crippen LogP) is -1.29. The molecule has 0 radical (unpaired) electrons. The minimum Gasteiger partial charge on any atom is -0.748 e. The highest BCUT2D eigenvalue weighted by Gasteiger charge is 2.31. The van der Waals surface area contributed by atoms with Crippen molar-refractivity contribution < 1.29 is 80.7 Å². The number of hydrogen-bond donors (Lipinski definition) is 4. The van der Waals surface area contributed by atoms with Gasteiger partial charge in [-0.15, -0.1) is 0 Å². The SMILES string of the molecule is CCCCN1C=CN(CCCS(=O)(=O)O)C1C.COCC[N+](C)(C)CS(=O)(=O)[O-].COCC[N+]1(CCCS(=O)(=O)[O-])CCCC1.O=S(=O)(O)CCC[NH2+]CCO. The largest absolute Gasteiger partial charge is 0.748 e. The molecule has 0 amide bonds. The van der Waals surface area contributed by atoms with Gasteiger partial charge in [-0.1, -0.05) is 13.3 Å². The van der Waals surface area contributed by atoms with Crippen LogP contribution in [0.25, 0.3) is 0 Å². The molecule has 0 spiro atoms. The molecule has 20 nitrogen and oxygen atoms in total. The van der Waals surface area contributed by atoms with Crippen molar-refractivity contribution in [1.82, 2.24) is 9.80 Å². The molecule has 56 heavy (non-hydrogen) atoms. The zero-order valence-electron chi connectivity index (χ0n) is 34.2. The van der Waals surface area contributed by atoms with Crippen molar-refractivity contribution in [1.29, 1.82) is 0 Å². The molecular formula is C32H72N5O15S4+. The van der Waals surface area contributed by atoms with Gasteiger partial charge in [-0.3, -0.25) is 9.11 Å². The van der Waals surface area contributed by atoms with Crippen LogP contribution in [0.1, 0.15) is 58.8 Å². The van der Waals surface area contributed by atoms with E-state index >= 15 is 0 Å². The van der Waals surface area contributed by atoms with Crippen LogP contribution in [0.15, 0.2) is 12.4 Å². The molecule has 0 bridgehead atoms. The lowest BCUT2D eigenvalue weighted by molar-refractivity contribution is -0.917. The molecule has 0 aromatic carbocycles. The van der Waals surface area contributed by atoms with Crippen LogP contribution in [0.3, 0.4) is 0 Å². The van der Waals surface area contributed by atoms with Crippen LogP contribution in [0.5, 0.6) is 0 Å². The minimum atomic E-state index is -4.15. The summed E-state index contributed by atoms with van der Waals surface area (Å²) in [6, 6.07) is 0. The van der Waals surface area contributed by atoms with Crippen LogP contribution in [0.4, 0.5) is 0 Å². The van der Waals surface area contributed by atoms with Gasteiger partial charge in [0.15, 0.2) is 5.88 Å². The van der Waals surface area contributed by atoms with Crippen molar-refractivity contribution in [3.63, 3.8) is 0 Å². The number of hydrogen-bond acceptors (Lipinski definition) is 15. The number of quaternary nitrogens is 3. The topological polar surface area (TPSA) is 285 Å². The molecule has 0 aromatic heterocycles. The fraction of sp³-hybridized carbons (Fsp3) is 0.938. The number of methoxy groups -OCH3 is 2. The van der Waals surface area contributed by atoms with Crippen molar-refractivity contribution in [3.8, 4) is 0 Å². The summed E-state index contributed by atoms with van der Waals surface area (Å²) in [4.78, 5) is 4.35. The van der Waals surface area contributed by atoms with Crippen LogP contribution < -0.4 is 5.32 Å². The van der Waals surface area contributed by atoms with E-state index in [1.54, 1.807) is 26.5 Å². The van der Waals surface area contributed by atoms with Gasteiger partial charge < -0.3 is 47.8 Å². The molecule has 338 valence electrons. The van der Waals surface area contributed by atoms with E-state index in [2.05, 4.69) is 23.6 Å². The molecule has 2 aliphatic rings. The van der Waals surface area contributed by atoms with E-state index in [0.29, 0.717) is 58.7 Å². The van der Waals surface area contributed by atoms with Gasteiger partial charge in [-0.25, -0.2) is 16.8 Å². The number of aliphatic hydroxyl groups excluding tert-OH is 1. The van der Waals surface area contributed by atoms with Gasteiger partial charge >= 0.3 is 0 Å². The Morgan fingerprint density at radius 1 is 0.768 bits per heavy atom. The molecule has 1 unspecified atom stereocenters. The van der Waals surface area contributed by atoms with Gasteiger partial charge in [-0.2, -0.15) is 16.8 Å². The van der Waals surface area contributed by atoms with E-state index in [4.69, 9.17) is 23.7 Å². The number of likely N-dealkylation sites (N-methyl/N-ethyl adjacent to an activating group) is 1. The van der Waals surface area contributed by atoms with Gasteiger partial charge in [0.05, 0.1) is 94.4 Å². The van der Waals surface area contributed by atoms with E-state index in [1.807, 2.05) is 12.4 Å². The molecule has 1 fully saturated rings. The highest BCUT2D eigenvalue weighted by Crippen LogP contribution is 2.20. The summed E-state index contributed by atoms with van der Waals surface area (Å²) < 4.78 is 132. The fourth-order valence-corrected chi connectivity index (χ4v) is 8.30. The Bertz CT molecular complexity index is 1490. The lowest BCUT2D eigenvalue weighted by atomic mass is 10.3. The number of aliphatic hydroxyl groups is 1. The summed E-state index contributed by atoms with van der Waals surface area (Å²) >= 11 is 0. The lowest BCUT2D eigenvalue weighted by Gasteiger charge is -2.34. The van der Waals surface area contributed by atoms with Gasteiger partial charge in [0.25, 0.3) is 20.2 Å². The van der Waals surface area contributed by atoms with Crippen molar-refractivity contribution >= 4 is 40.5 Å². The summed E-state index contributed by atoms with van der Waals surface area (Å²) in [5, 5.41) is 10.1.